The number of rotatable bonds is 5. The summed E-state index contributed by atoms with van der Waals surface area (Å²) < 4.78 is 5.58. The molecule has 2 heterocycles. The van der Waals surface area contributed by atoms with Crippen molar-refractivity contribution in [1.29, 1.82) is 0 Å². The van der Waals surface area contributed by atoms with Gasteiger partial charge in [0.25, 0.3) is 0 Å². The Morgan fingerprint density at radius 2 is 1.89 bits per heavy atom. The number of furan rings is 1. The van der Waals surface area contributed by atoms with Crippen LogP contribution in [0.4, 0.5) is 5.69 Å². The van der Waals surface area contributed by atoms with E-state index in [0.29, 0.717) is 12.3 Å². The normalized spacial score (nSPS) is 16.1. The third kappa shape index (κ3) is 5.32. The zero-order chi connectivity index (χ0) is 19.2. The molecule has 2 aromatic rings. The second kappa shape index (κ2) is 10.6. The number of halogens is 1. The van der Waals surface area contributed by atoms with Crippen molar-refractivity contribution in [3.63, 3.8) is 0 Å². The quantitative estimate of drug-likeness (QED) is 0.375. The predicted octanol–water partition coefficient (Wildman–Crippen LogP) is 2.60. The number of likely N-dealkylation sites (N-methyl/N-ethyl adjacent to an activating group) is 1. The van der Waals surface area contributed by atoms with Crippen molar-refractivity contribution in [3.05, 3.63) is 48.4 Å². The van der Waals surface area contributed by atoms with Crippen molar-refractivity contribution in [2.24, 2.45) is 4.99 Å². The number of aliphatic imine (C=N–C) groups is 1. The molecule has 0 spiro atoms. The first kappa shape index (κ1) is 22.4. The van der Waals surface area contributed by atoms with Gasteiger partial charge in [-0.3, -0.25) is 9.89 Å². The van der Waals surface area contributed by atoms with Crippen LogP contribution >= 0.6 is 24.0 Å². The molecule has 0 saturated carbocycles. The Hall–Kier alpha value is -1.94. The maximum Gasteiger partial charge on any atom is 0.193 e. The molecule has 1 aromatic heterocycles. The Morgan fingerprint density at radius 1 is 1.18 bits per heavy atom. The molecule has 0 radical (unpaired) electrons. The second-order valence-corrected chi connectivity index (χ2v) is 6.89. The van der Waals surface area contributed by atoms with E-state index in [1.807, 2.05) is 51.5 Å². The molecule has 0 amide bonds. The van der Waals surface area contributed by atoms with Crippen molar-refractivity contribution in [1.82, 2.24) is 15.1 Å². The highest BCUT2D eigenvalue weighted by atomic mass is 127. The molecule has 0 aliphatic carbocycles. The summed E-state index contributed by atoms with van der Waals surface area (Å²) in [6, 6.07) is 11.6. The maximum atomic E-state index is 10.1. The third-order valence-corrected chi connectivity index (χ3v) is 4.96. The Balaban J connectivity index is 0.00000280. The van der Waals surface area contributed by atoms with Gasteiger partial charge in [-0.15, -0.1) is 24.0 Å². The van der Waals surface area contributed by atoms with Crippen LogP contribution < -0.4 is 10.2 Å². The van der Waals surface area contributed by atoms with Crippen LogP contribution in [0.3, 0.4) is 0 Å². The van der Waals surface area contributed by atoms with E-state index in [9.17, 15) is 5.11 Å². The number of benzene rings is 1. The van der Waals surface area contributed by atoms with Crippen molar-refractivity contribution in [3.8, 4) is 5.75 Å². The third-order valence-electron chi connectivity index (χ3n) is 4.96. The van der Waals surface area contributed by atoms with Crippen molar-refractivity contribution >= 4 is 35.6 Å². The van der Waals surface area contributed by atoms with E-state index < -0.39 is 0 Å². The van der Waals surface area contributed by atoms with Crippen LogP contribution in [0.2, 0.25) is 0 Å². The second-order valence-electron chi connectivity index (χ2n) is 6.89. The fraction of sp³-hybridized carbons (Fsp3) is 0.450. The van der Waals surface area contributed by atoms with Crippen LogP contribution in [0.1, 0.15) is 11.8 Å². The number of piperazine rings is 1. The molecule has 154 valence electrons. The summed E-state index contributed by atoms with van der Waals surface area (Å²) in [5, 5.41) is 13.5. The lowest BCUT2D eigenvalue weighted by atomic mass is 10.2. The van der Waals surface area contributed by atoms with Gasteiger partial charge in [0, 0.05) is 39.8 Å². The molecule has 1 aromatic carbocycles. The summed E-state index contributed by atoms with van der Waals surface area (Å²) in [5.74, 6) is 2.17. The largest absolute Gasteiger partial charge is 0.506 e. The molecule has 28 heavy (non-hydrogen) atoms. The summed E-state index contributed by atoms with van der Waals surface area (Å²) in [6.45, 7) is 4.09. The van der Waals surface area contributed by atoms with Gasteiger partial charge < -0.3 is 24.6 Å². The topological polar surface area (TPSA) is 67.5 Å². The molecule has 1 atom stereocenters. The average Bonchev–Trinajstić information content (AvgIpc) is 3.20. The number of guanidine groups is 1. The van der Waals surface area contributed by atoms with Crippen molar-refractivity contribution in [2.45, 2.75) is 6.04 Å². The molecule has 7 nitrogen and oxygen atoms in total. The highest BCUT2D eigenvalue weighted by molar-refractivity contribution is 14.0. The monoisotopic (exact) mass is 499 g/mol. The highest BCUT2D eigenvalue weighted by Gasteiger charge is 2.23. The molecule has 0 bridgehead atoms. The summed E-state index contributed by atoms with van der Waals surface area (Å²) in [6.07, 6.45) is 1.71. The molecule has 1 unspecified atom stereocenters. The van der Waals surface area contributed by atoms with Gasteiger partial charge in [0.15, 0.2) is 5.96 Å². The van der Waals surface area contributed by atoms with E-state index >= 15 is 0 Å². The van der Waals surface area contributed by atoms with Crippen molar-refractivity contribution in [2.75, 3.05) is 58.8 Å². The van der Waals surface area contributed by atoms with Gasteiger partial charge in [0.2, 0.25) is 0 Å². The molecular weight excluding hydrogens is 469 g/mol. The highest BCUT2D eigenvalue weighted by Crippen LogP contribution is 2.27. The number of phenolic OH excluding ortho intramolecular Hbond substituents is 1. The first-order chi connectivity index (χ1) is 13.1. The molecule has 1 aliphatic rings. The Morgan fingerprint density at radius 3 is 2.46 bits per heavy atom. The van der Waals surface area contributed by atoms with Gasteiger partial charge >= 0.3 is 0 Å². The number of nitrogens with one attached hydrogen (secondary N) is 1. The molecule has 1 aliphatic heterocycles. The summed E-state index contributed by atoms with van der Waals surface area (Å²) >= 11 is 0. The smallest absolute Gasteiger partial charge is 0.193 e. The predicted molar refractivity (Wildman–Crippen MR) is 124 cm³/mol. The molecule has 8 heteroatoms. The number of anilines is 1. The van der Waals surface area contributed by atoms with E-state index in [4.69, 9.17) is 4.42 Å². The number of para-hydroxylation sites is 2. The van der Waals surface area contributed by atoms with Crippen LogP contribution in [0.25, 0.3) is 0 Å². The minimum atomic E-state index is 0. The number of nitrogens with zero attached hydrogens (tertiary/aromatic N) is 4. The van der Waals surface area contributed by atoms with Gasteiger partial charge in [0.05, 0.1) is 18.0 Å². The van der Waals surface area contributed by atoms with Crippen LogP contribution in [0.15, 0.2) is 52.1 Å². The fourth-order valence-corrected chi connectivity index (χ4v) is 3.43. The number of hydrogen-bond donors (Lipinski definition) is 2. The first-order valence-electron chi connectivity index (χ1n) is 9.28. The zero-order valence-electron chi connectivity index (χ0n) is 16.7. The van der Waals surface area contributed by atoms with Gasteiger partial charge in [-0.2, -0.15) is 0 Å². The van der Waals surface area contributed by atoms with Gasteiger partial charge in [-0.25, -0.2) is 0 Å². The van der Waals surface area contributed by atoms with E-state index in [1.54, 1.807) is 12.3 Å². The molecule has 1 fully saturated rings. The maximum absolute atomic E-state index is 10.1. The summed E-state index contributed by atoms with van der Waals surface area (Å²) in [5.41, 5.74) is 0.894. The Bertz CT molecular complexity index is 743. The van der Waals surface area contributed by atoms with Crippen LogP contribution in [-0.2, 0) is 0 Å². The summed E-state index contributed by atoms with van der Waals surface area (Å²) in [4.78, 5) is 11.1. The molecule has 2 N–H and O–H groups in total. The van der Waals surface area contributed by atoms with Crippen molar-refractivity contribution < 1.29 is 9.52 Å². The number of phenols is 1. The minimum absolute atomic E-state index is 0. The average molecular weight is 499 g/mol. The number of aromatic hydroxyl groups is 1. The van der Waals surface area contributed by atoms with Crippen LogP contribution in [-0.4, -0.2) is 74.7 Å². The van der Waals surface area contributed by atoms with Gasteiger partial charge in [0.1, 0.15) is 11.5 Å². The molecule has 1 saturated heterocycles. The van der Waals surface area contributed by atoms with E-state index in [0.717, 1.165) is 43.6 Å². The number of hydrogen-bond acceptors (Lipinski definition) is 5. The Kier molecular flexibility index (Phi) is 8.43. The standard InChI is InChI=1S/C20H29N5O2.HI/c1-21-20(22-15-17(23(2)3)19-9-6-14-27-19)25-12-10-24(11-13-25)16-7-4-5-8-18(16)26;/h4-9,14,17,26H,10-13,15H2,1-3H3,(H,21,22);1H. The lowest BCUT2D eigenvalue weighted by molar-refractivity contribution is 0.255. The minimum Gasteiger partial charge on any atom is -0.506 e. The SMILES string of the molecule is CN=C(NCC(c1ccco1)N(C)C)N1CCN(c2ccccc2O)CC1.I. The molecular formula is C20H30IN5O2. The van der Waals surface area contributed by atoms with Crippen LogP contribution in [0, 0.1) is 0 Å². The lowest BCUT2D eigenvalue weighted by Gasteiger charge is -2.38. The van der Waals surface area contributed by atoms with E-state index in [-0.39, 0.29) is 30.0 Å². The van der Waals surface area contributed by atoms with E-state index in [2.05, 4.69) is 25.0 Å². The lowest BCUT2D eigenvalue weighted by Crippen LogP contribution is -2.53. The van der Waals surface area contributed by atoms with Gasteiger partial charge in [-0.05, 0) is 38.4 Å². The fourth-order valence-electron chi connectivity index (χ4n) is 3.43. The Labute approximate surface area is 184 Å². The first-order valence-corrected chi connectivity index (χ1v) is 9.28. The van der Waals surface area contributed by atoms with E-state index in [1.165, 1.54) is 0 Å². The summed E-state index contributed by atoms with van der Waals surface area (Å²) in [7, 11) is 5.90. The zero-order valence-corrected chi connectivity index (χ0v) is 19.0. The van der Waals surface area contributed by atoms with Crippen LogP contribution in [0.5, 0.6) is 5.75 Å². The van der Waals surface area contributed by atoms with Gasteiger partial charge in [-0.1, -0.05) is 12.1 Å². The molecule has 3 rings (SSSR count).